The molecule has 1 aromatic heterocycles. The molecule has 22 heavy (non-hydrogen) atoms. The number of alkyl halides is 2. The minimum atomic E-state index is -2.89. The van der Waals surface area contributed by atoms with Gasteiger partial charge in [-0.2, -0.15) is 14.0 Å². The van der Waals surface area contributed by atoms with Crippen molar-refractivity contribution in [2.45, 2.75) is 19.3 Å². The van der Waals surface area contributed by atoms with E-state index in [2.05, 4.69) is 16.1 Å². The van der Waals surface area contributed by atoms with Gasteiger partial charge in [-0.3, -0.25) is 0 Å². The van der Waals surface area contributed by atoms with Crippen molar-refractivity contribution >= 4 is 11.3 Å². The topological polar surface area (TPSA) is 65.3 Å². The number of thiophene rings is 1. The van der Waals surface area contributed by atoms with Crippen LogP contribution >= 0.6 is 11.3 Å². The summed E-state index contributed by atoms with van der Waals surface area (Å²) in [4.78, 5) is 0.985. The Labute approximate surface area is 130 Å². The molecule has 1 atom stereocenters. The van der Waals surface area contributed by atoms with E-state index in [1.54, 1.807) is 23.6 Å². The average Bonchev–Trinajstić information content (AvgIpc) is 2.94. The molecule has 1 unspecified atom stereocenters. The van der Waals surface area contributed by atoms with Crippen molar-refractivity contribution in [3.63, 3.8) is 0 Å². The highest BCUT2D eigenvalue weighted by Gasteiger charge is 2.10. The van der Waals surface area contributed by atoms with Crippen LogP contribution in [0.3, 0.4) is 0 Å². The van der Waals surface area contributed by atoms with E-state index in [0.29, 0.717) is 17.7 Å². The van der Waals surface area contributed by atoms with Gasteiger partial charge in [0, 0.05) is 23.3 Å². The minimum Gasteiger partial charge on any atom is -0.435 e. The van der Waals surface area contributed by atoms with Gasteiger partial charge in [-0.15, -0.1) is 11.3 Å². The number of nitrogens with zero attached hydrogens (tertiary/aromatic N) is 1. The summed E-state index contributed by atoms with van der Waals surface area (Å²) in [6, 6.07) is 9.82. The van der Waals surface area contributed by atoms with Crippen molar-refractivity contribution in [1.82, 2.24) is 5.32 Å². The largest absolute Gasteiger partial charge is 0.435 e. The van der Waals surface area contributed by atoms with Crippen LogP contribution in [0.1, 0.15) is 22.1 Å². The molecule has 0 bridgehead atoms. The standard InChI is InChI=1S/C15H14F2N2O2S/c16-15(17)21-12-3-1-2-11(5-12)14(20)8-19-7-13-4-10(6-18)9-22-13/h1-5,9,14-15,19-20H,7-8H2. The van der Waals surface area contributed by atoms with Gasteiger partial charge in [0.05, 0.1) is 11.7 Å². The molecule has 0 aliphatic heterocycles. The Balaban J connectivity index is 1.86. The quantitative estimate of drug-likeness (QED) is 0.821. The third-order valence-corrected chi connectivity index (χ3v) is 3.82. The number of halogens is 2. The smallest absolute Gasteiger partial charge is 0.387 e. The summed E-state index contributed by atoms with van der Waals surface area (Å²) in [5.74, 6) is 0.0171. The molecule has 7 heteroatoms. The van der Waals surface area contributed by atoms with Crippen LogP contribution in [0.5, 0.6) is 5.75 Å². The Bertz CT molecular complexity index is 655. The average molecular weight is 324 g/mol. The van der Waals surface area contributed by atoms with E-state index >= 15 is 0 Å². The normalized spacial score (nSPS) is 12.1. The number of hydrogen-bond donors (Lipinski definition) is 2. The number of hydrogen-bond acceptors (Lipinski definition) is 5. The Hall–Kier alpha value is -2.01. The number of ether oxygens (including phenoxy) is 1. The fraction of sp³-hybridized carbons (Fsp3) is 0.267. The molecule has 0 fully saturated rings. The maximum absolute atomic E-state index is 12.2. The Morgan fingerprint density at radius 2 is 2.18 bits per heavy atom. The highest BCUT2D eigenvalue weighted by atomic mass is 32.1. The van der Waals surface area contributed by atoms with Gasteiger partial charge in [0.15, 0.2) is 0 Å². The van der Waals surface area contributed by atoms with Crippen LogP contribution in [-0.4, -0.2) is 18.3 Å². The lowest BCUT2D eigenvalue weighted by Gasteiger charge is -2.13. The molecular weight excluding hydrogens is 310 g/mol. The lowest BCUT2D eigenvalue weighted by molar-refractivity contribution is -0.0499. The molecule has 2 rings (SSSR count). The summed E-state index contributed by atoms with van der Waals surface area (Å²) >= 11 is 1.46. The van der Waals surface area contributed by atoms with E-state index in [1.807, 2.05) is 0 Å². The molecule has 1 heterocycles. The van der Waals surface area contributed by atoms with Crippen LogP contribution < -0.4 is 10.1 Å². The fourth-order valence-electron chi connectivity index (χ4n) is 1.88. The highest BCUT2D eigenvalue weighted by Crippen LogP contribution is 2.21. The maximum atomic E-state index is 12.2. The van der Waals surface area contributed by atoms with E-state index in [0.717, 1.165) is 4.88 Å². The second-order valence-corrected chi connectivity index (χ2v) is 5.51. The number of nitrogens with one attached hydrogen (secondary N) is 1. The van der Waals surface area contributed by atoms with Crippen molar-refractivity contribution in [3.05, 3.63) is 51.7 Å². The molecule has 2 aromatic rings. The zero-order valence-electron chi connectivity index (χ0n) is 11.5. The number of aliphatic hydroxyl groups is 1. The monoisotopic (exact) mass is 324 g/mol. The summed E-state index contributed by atoms with van der Waals surface area (Å²) in [5.41, 5.74) is 1.11. The van der Waals surface area contributed by atoms with Gasteiger partial charge in [-0.1, -0.05) is 12.1 Å². The third-order valence-electron chi connectivity index (χ3n) is 2.89. The van der Waals surface area contributed by atoms with Crippen molar-refractivity contribution in [3.8, 4) is 11.8 Å². The zero-order valence-corrected chi connectivity index (χ0v) is 12.3. The number of aliphatic hydroxyl groups excluding tert-OH is 1. The maximum Gasteiger partial charge on any atom is 0.387 e. The van der Waals surface area contributed by atoms with Gasteiger partial charge in [0.25, 0.3) is 0 Å². The van der Waals surface area contributed by atoms with E-state index in [-0.39, 0.29) is 12.3 Å². The van der Waals surface area contributed by atoms with Gasteiger partial charge in [0.2, 0.25) is 0 Å². The second-order valence-electron chi connectivity index (χ2n) is 4.51. The molecule has 4 nitrogen and oxygen atoms in total. The predicted octanol–water partition coefficient (Wildman–Crippen LogP) is 3.04. The van der Waals surface area contributed by atoms with Gasteiger partial charge in [-0.25, -0.2) is 0 Å². The van der Waals surface area contributed by atoms with Crippen LogP contribution in [0, 0.1) is 11.3 Å². The first kappa shape index (κ1) is 16.4. The van der Waals surface area contributed by atoms with E-state index < -0.39 is 12.7 Å². The summed E-state index contributed by atoms with van der Waals surface area (Å²) in [7, 11) is 0. The van der Waals surface area contributed by atoms with Crippen molar-refractivity contribution in [2.24, 2.45) is 0 Å². The highest BCUT2D eigenvalue weighted by molar-refractivity contribution is 7.10. The van der Waals surface area contributed by atoms with Crippen molar-refractivity contribution in [2.75, 3.05) is 6.54 Å². The molecule has 116 valence electrons. The molecule has 0 spiro atoms. The van der Waals surface area contributed by atoms with E-state index in [1.165, 1.54) is 23.5 Å². The van der Waals surface area contributed by atoms with Crippen molar-refractivity contribution in [1.29, 1.82) is 5.26 Å². The minimum absolute atomic E-state index is 0.0171. The molecule has 0 aliphatic rings. The van der Waals surface area contributed by atoms with Crippen LogP contribution in [0.4, 0.5) is 8.78 Å². The lowest BCUT2D eigenvalue weighted by atomic mass is 10.1. The predicted molar refractivity (Wildman–Crippen MR) is 78.8 cm³/mol. The van der Waals surface area contributed by atoms with E-state index in [9.17, 15) is 13.9 Å². The first-order valence-corrected chi connectivity index (χ1v) is 7.37. The fourth-order valence-corrected chi connectivity index (χ4v) is 2.66. The summed E-state index contributed by atoms with van der Waals surface area (Å²) in [5, 5.41) is 23.6. The molecule has 0 radical (unpaired) electrons. The SMILES string of the molecule is N#Cc1csc(CNCC(O)c2cccc(OC(F)F)c2)c1. The summed E-state index contributed by atoms with van der Waals surface area (Å²) < 4.78 is 28.6. The first-order chi connectivity index (χ1) is 10.6. The van der Waals surface area contributed by atoms with Crippen LogP contribution in [0.15, 0.2) is 35.7 Å². The number of benzene rings is 1. The number of nitriles is 1. The molecular formula is C15H14F2N2O2S. The molecule has 0 saturated heterocycles. The Morgan fingerprint density at radius 3 is 2.86 bits per heavy atom. The summed E-state index contributed by atoms with van der Waals surface area (Å²) in [6.45, 7) is -2.10. The Morgan fingerprint density at radius 1 is 1.36 bits per heavy atom. The zero-order chi connectivity index (χ0) is 15.9. The third kappa shape index (κ3) is 4.77. The van der Waals surface area contributed by atoms with Crippen LogP contribution in [0.2, 0.25) is 0 Å². The van der Waals surface area contributed by atoms with Gasteiger partial charge >= 0.3 is 6.61 Å². The molecule has 0 aliphatic carbocycles. The molecule has 1 aromatic carbocycles. The molecule has 0 saturated carbocycles. The van der Waals surface area contributed by atoms with E-state index in [4.69, 9.17) is 5.26 Å². The van der Waals surface area contributed by atoms with Gasteiger partial charge in [0.1, 0.15) is 11.8 Å². The second kappa shape index (κ2) is 7.84. The Kier molecular flexibility index (Phi) is 5.83. The lowest BCUT2D eigenvalue weighted by Crippen LogP contribution is -2.20. The van der Waals surface area contributed by atoms with Crippen molar-refractivity contribution < 1.29 is 18.6 Å². The summed E-state index contributed by atoms with van der Waals surface area (Å²) in [6.07, 6.45) is -0.836. The number of rotatable bonds is 7. The first-order valence-electron chi connectivity index (χ1n) is 6.49. The van der Waals surface area contributed by atoms with Crippen LogP contribution in [0.25, 0.3) is 0 Å². The molecule has 0 amide bonds. The van der Waals surface area contributed by atoms with Crippen LogP contribution in [-0.2, 0) is 6.54 Å². The van der Waals surface area contributed by atoms with Gasteiger partial charge < -0.3 is 15.2 Å². The van der Waals surface area contributed by atoms with Gasteiger partial charge in [-0.05, 0) is 23.8 Å². The molecule has 2 N–H and O–H groups in total.